The minimum absolute atomic E-state index is 0.161. The molecule has 0 bridgehead atoms. The van der Waals surface area contributed by atoms with Gasteiger partial charge in [-0.25, -0.2) is 4.39 Å². The molecule has 0 aliphatic heterocycles. The first kappa shape index (κ1) is 8.97. The van der Waals surface area contributed by atoms with E-state index in [1.807, 2.05) is 0 Å². The normalized spacial score (nSPS) is 19.6. The summed E-state index contributed by atoms with van der Waals surface area (Å²) in [7, 11) is 0. The average Bonchev–Trinajstić information content (AvgIpc) is 2.06. The molecule has 0 atom stereocenters. The van der Waals surface area contributed by atoms with Gasteiger partial charge in [0.2, 0.25) is 0 Å². The van der Waals surface area contributed by atoms with Crippen LogP contribution in [0.2, 0.25) is 5.02 Å². The van der Waals surface area contributed by atoms with Crippen molar-refractivity contribution in [3.05, 3.63) is 34.6 Å². The van der Waals surface area contributed by atoms with E-state index in [0.29, 0.717) is 5.56 Å². The van der Waals surface area contributed by atoms with E-state index in [-0.39, 0.29) is 10.8 Å². The van der Waals surface area contributed by atoms with Crippen molar-refractivity contribution in [1.29, 1.82) is 0 Å². The van der Waals surface area contributed by atoms with Crippen molar-refractivity contribution in [2.75, 3.05) is 0 Å². The average molecular weight is 200 g/mol. The molecular weight excluding hydrogens is 189 g/mol. The van der Waals surface area contributed by atoms with E-state index < -0.39 is 5.54 Å². The summed E-state index contributed by atoms with van der Waals surface area (Å²) < 4.78 is 13.5. The van der Waals surface area contributed by atoms with Crippen LogP contribution in [-0.4, -0.2) is 0 Å². The number of hydrogen-bond acceptors (Lipinski definition) is 1. The summed E-state index contributed by atoms with van der Waals surface area (Å²) in [6.07, 6.45) is 2.77. The maximum atomic E-state index is 13.5. The van der Waals surface area contributed by atoms with Gasteiger partial charge < -0.3 is 5.73 Å². The molecule has 0 aromatic heterocycles. The SMILES string of the molecule is NC1(c2cccc(Cl)c2F)CCC1. The van der Waals surface area contributed by atoms with Crippen molar-refractivity contribution in [2.24, 2.45) is 5.73 Å². The second kappa shape index (κ2) is 2.96. The summed E-state index contributed by atoms with van der Waals surface area (Å²) in [5, 5.41) is 0.161. The van der Waals surface area contributed by atoms with Gasteiger partial charge in [0.15, 0.2) is 0 Å². The van der Waals surface area contributed by atoms with Crippen LogP contribution in [0.25, 0.3) is 0 Å². The van der Waals surface area contributed by atoms with E-state index in [4.69, 9.17) is 17.3 Å². The molecule has 0 unspecified atom stereocenters. The highest BCUT2D eigenvalue weighted by Crippen LogP contribution is 2.40. The quantitative estimate of drug-likeness (QED) is 0.740. The number of hydrogen-bond donors (Lipinski definition) is 1. The maximum Gasteiger partial charge on any atom is 0.146 e. The van der Waals surface area contributed by atoms with E-state index >= 15 is 0 Å². The first-order chi connectivity index (χ1) is 6.13. The Balaban J connectivity index is 2.45. The predicted octanol–water partition coefficient (Wildman–Crippen LogP) is 2.82. The molecule has 2 rings (SSSR count). The first-order valence-corrected chi connectivity index (χ1v) is 4.75. The van der Waals surface area contributed by atoms with Crippen molar-refractivity contribution in [2.45, 2.75) is 24.8 Å². The second-order valence-electron chi connectivity index (χ2n) is 3.61. The van der Waals surface area contributed by atoms with Crippen molar-refractivity contribution in [3.8, 4) is 0 Å². The lowest BCUT2D eigenvalue weighted by atomic mass is 9.72. The maximum absolute atomic E-state index is 13.5. The predicted molar refractivity (Wildman–Crippen MR) is 51.1 cm³/mol. The third-order valence-corrected chi connectivity index (χ3v) is 3.03. The first-order valence-electron chi connectivity index (χ1n) is 4.37. The van der Waals surface area contributed by atoms with Crippen LogP contribution in [-0.2, 0) is 5.54 Å². The Bertz CT molecular complexity index is 334. The Kier molecular flexibility index (Phi) is 2.05. The lowest BCUT2D eigenvalue weighted by Gasteiger charge is -2.38. The van der Waals surface area contributed by atoms with Gasteiger partial charge in [-0.1, -0.05) is 23.7 Å². The van der Waals surface area contributed by atoms with E-state index in [9.17, 15) is 4.39 Å². The Morgan fingerprint density at radius 3 is 2.62 bits per heavy atom. The van der Waals surface area contributed by atoms with Crippen LogP contribution < -0.4 is 5.73 Å². The number of nitrogens with two attached hydrogens (primary N) is 1. The minimum atomic E-state index is -0.463. The van der Waals surface area contributed by atoms with Crippen LogP contribution >= 0.6 is 11.6 Å². The van der Waals surface area contributed by atoms with Gasteiger partial charge in [0.05, 0.1) is 5.02 Å². The van der Waals surface area contributed by atoms with Gasteiger partial charge in [0.1, 0.15) is 5.82 Å². The number of benzene rings is 1. The summed E-state index contributed by atoms with van der Waals surface area (Å²) in [6, 6.07) is 5.01. The summed E-state index contributed by atoms with van der Waals surface area (Å²) in [6.45, 7) is 0. The van der Waals surface area contributed by atoms with Crippen LogP contribution in [0.4, 0.5) is 4.39 Å². The van der Waals surface area contributed by atoms with E-state index in [2.05, 4.69) is 0 Å². The van der Waals surface area contributed by atoms with E-state index in [0.717, 1.165) is 19.3 Å². The molecule has 1 aliphatic carbocycles. The Hall–Kier alpha value is -0.600. The highest BCUT2D eigenvalue weighted by atomic mass is 35.5. The van der Waals surface area contributed by atoms with Gasteiger partial charge in [-0.05, 0) is 25.3 Å². The van der Waals surface area contributed by atoms with Crippen molar-refractivity contribution >= 4 is 11.6 Å². The Morgan fingerprint density at radius 1 is 1.38 bits per heavy atom. The molecule has 3 heteroatoms. The molecule has 2 N–H and O–H groups in total. The standard InChI is InChI=1S/C10H11ClFN/c11-8-4-1-3-7(9(8)12)10(13)5-2-6-10/h1,3-4H,2,5-6,13H2. The molecule has 0 heterocycles. The zero-order chi connectivity index (χ0) is 9.47. The highest BCUT2D eigenvalue weighted by Gasteiger charge is 2.36. The van der Waals surface area contributed by atoms with Gasteiger partial charge in [0.25, 0.3) is 0 Å². The lowest BCUT2D eigenvalue weighted by Crippen LogP contribution is -2.44. The largest absolute Gasteiger partial charge is 0.321 e. The number of halogens is 2. The van der Waals surface area contributed by atoms with E-state index in [1.54, 1.807) is 18.2 Å². The molecule has 1 aliphatic rings. The molecule has 1 aromatic carbocycles. The lowest BCUT2D eigenvalue weighted by molar-refractivity contribution is 0.245. The molecule has 13 heavy (non-hydrogen) atoms. The molecule has 1 fully saturated rings. The van der Waals surface area contributed by atoms with Gasteiger partial charge in [0, 0.05) is 11.1 Å². The zero-order valence-corrected chi connectivity index (χ0v) is 7.94. The molecular formula is C10H11ClFN. The molecule has 1 nitrogen and oxygen atoms in total. The Labute approximate surface area is 81.7 Å². The van der Waals surface area contributed by atoms with Gasteiger partial charge >= 0.3 is 0 Å². The molecule has 0 radical (unpaired) electrons. The molecule has 70 valence electrons. The third kappa shape index (κ3) is 1.34. The van der Waals surface area contributed by atoms with Crippen LogP contribution in [0.5, 0.6) is 0 Å². The molecule has 0 spiro atoms. The van der Waals surface area contributed by atoms with Crippen molar-refractivity contribution < 1.29 is 4.39 Å². The minimum Gasteiger partial charge on any atom is -0.321 e. The fourth-order valence-corrected chi connectivity index (χ4v) is 1.89. The van der Waals surface area contributed by atoms with E-state index in [1.165, 1.54) is 0 Å². The smallest absolute Gasteiger partial charge is 0.146 e. The molecule has 0 amide bonds. The third-order valence-electron chi connectivity index (χ3n) is 2.73. The second-order valence-corrected chi connectivity index (χ2v) is 4.02. The fourth-order valence-electron chi connectivity index (χ4n) is 1.72. The van der Waals surface area contributed by atoms with Crippen LogP contribution in [0, 0.1) is 5.82 Å². The highest BCUT2D eigenvalue weighted by molar-refractivity contribution is 6.30. The monoisotopic (exact) mass is 199 g/mol. The number of rotatable bonds is 1. The summed E-state index contributed by atoms with van der Waals surface area (Å²) in [5.74, 6) is -0.355. The van der Waals surface area contributed by atoms with Gasteiger partial charge in [-0.15, -0.1) is 0 Å². The zero-order valence-electron chi connectivity index (χ0n) is 7.19. The van der Waals surface area contributed by atoms with Crippen LogP contribution in [0.15, 0.2) is 18.2 Å². The van der Waals surface area contributed by atoms with Crippen molar-refractivity contribution in [1.82, 2.24) is 0 Å². The van der Waals surface area contributed by atoms with Crippen molar-refractivity contribution in [3.63, 3.8) is 0 Å². The summed E-state index contributed by atoms with van der Waals surface area (Å²) in [5.41, 5.74) is 6.09. The molecule has 1 aromatic rings. The molecule has 1 saturated carbocycles. The van der Waals surface area contributed by atoms with Crippen LogP contribution in [0.3, 0.4) is 0 Å². The van der Waals surface area contributed by atoms with Crippen LogP contribution in [0.1, 0.15) is 24.8 Å². The summed E-state index contributed by atoms with van der Waals surface area (Å²) in [4.78, 5) is 0. The van der Waals surface area contributed by atoms with Gasteiger partial charge in [-0.2, -0.15) is 0 Å². The topological polar surface area (TPSA) is 26.0 Å². The molecule has 0 saturated heterocycles. The Morgan fingerprint density at radius 2 is 2.08 bits per heavy atom. The van der Waals surface area contributed by atoms with Gasteiger partial charge in [-0.3, -0.25) is 0 Å². The fraction of sp³-hybridized carbons (Fsp3) is 0.400. The summed E-state index contributed by atoms with van der Waals surface area (Å²) >= 11 is 5.67.